The number of allylic oxidation sites excluding steroid dienone is 1. The summed E-state index contributed by atoms with van der Waals surface area (Å²) in [5.41, 5.74) is 3.79. The van der Waals surface area contributed by atoms with E-state index in [-0.39, 0.29) is 5.57 Å². The fourth-order valence-electron chi connectivity index (χ4n) is 3.30. The number of carbonyl (C=O) groups is 2. The lowest BCUT2D eigenvalue weighted by atomic mass is 9.93. The number of hydrogen-bond acceptors (Lipinski definition) is 4. The summed E-state index contributed by atoms with van der Waals surface area (Å²) in [5.74, 6) is 0.183. The molecular weight excluding hydrogens is 328 g/mol. The quantitative estimate of drug-likeness (QED) is 0.581. The molecule has 0 bridgehead atoms. The van der Waals surface area contributed by atoms with Crippen LogP contribution < -0.4 is 0 Å². The summed E-state index contributed by atoms with van der Waals surface area (Å²) in [6.07, 6.45) is 2.11. The molecule has 0 unspecified atom stereocenters. The Bertz CT molecular complexity index is 975. The molecule has 0 saturated carbocycles. The zero-order chi connectivity index (χ0) is 17.0. The van der Waals surface area contributed by atoms with Crippen LogP contribution in [0.3, 0.4) is 0 Å². The first-order valence-corrected chi connectivity index (χ1v) is 7.90. The zero-order valence-electron chi connectivity index (χ0n) is 13.1. The molecule has 1 aliphatic carbocycles. The van der Waals surface area contributed by atoms with Crippen molar-refractivity contribution >= 4 is 35.2 Å². The molecule has 24 heavy (non-hydrogen) atoms. The Balaban J connectivity index is 2.04. The van der Waals surface area contributed by atoms with Crippen LogP contribution in [0.4, 0.5) is 0 Å². The van der Waals surface area contributed by atoms with E-state index < -0.39 is 11.9 Å². The maximum absolute atomic E-state index is 12.3. The van der Waals surface area contributed by atoms with Gasteiger partial charge in [-0.05, 0) is 55.2 Å². The van der Waals surface area contributed by atoms with Crippen LogP contribution in [0.2, 0.25) is 5.02 Å². The minimum Gasteiger partial charge on any atom is -0.466 e. The summed E-state index contributed by atoms with van der Waals surface area (Å²) < 4.78 is 10.5. The van der Waals surface area contributed by atoms with Crippen LogP contribution in [0, 0.1) is 13.8 Å². The van der Waals surface area contributed by atoms with Crippen molar-refractivity contribution < 1.29 is 18.7 Å². The van der Waals surface area contributed by atoms with Crippen LogP contribution in [0.5, 0.6) is 0 Å². The number of halogens is 1. The first-order chi connectivity index (χ1) is 11.5. The molecule has 0 spiro atoms. The number of ether oxygens (including phenoxy) is 1. The molecule has 4 rings (SSSR count). The highest BCUT2D eigenvalue weighted by Gasteiger charge is 2.38. The van der Waals surface area contributed by atoms with Crippen LogP contribution in [0.15, 0.2) is 39.8 Å². The second-order valence-corrected chi connectivity index (χ2v) is 6.31. The summed E-state index contributed by atoms with van der Waals surface area (Å²) in [6, 6.07) is 7.44. The van der Waals surface area contributed by atoms with Crippen molar-refractivity contribution in [3.8, 4) is 0 Å². The second kappa shape index (κ2) is 5.21. The van der Waals surface area contributed by atoms with E-state index in [2.05, 4.69) is 0 Å². The molecular formula is C19H13ClO4. The summed E-state index contributed by atoms with van der Waals surface area (Å²) >= 11 is 6.30. The zero-order valence-corrected chi connectivity index (χ0v) is 13.9. The van der Waals surface area contributed by atoms with Crippen LogP contribution in [0.1, 0.15) is 28.2 Å². The minimum absolute atomic E-state index is 0.250. The molecule has 1 saturated heterocycles. The largest absolute Gasteiger partial charge is 0.466 e. The van der Waals surface area contributed by atoms with E-state index in [1.54, 1.807) is 12.1 Å². The smallest absolute Gasteiger partial charge is 0.347 e. The van der Waals surface area contributed by atoms with Gasteiger partial charge in [0.25, 0.3) is 0 Å². The van der Waals surface area contributed by atoms with E-state index in [1.807, 2.05) is 32.0 Å². The lowest BCUT2D eigenvalue weighted by Gasteiger charge is -2.10. The van der Waals surface area contributed by atoms with Crippen molar-refractivity contribution in [2.24, 2.45) is 0 Å². The van der Waals surface area contributed by atoms with E-state index in [9.17, 15) is 9.59 Å². The monoisotopic (exact) mass is 340 g/mol. The molecule has 2 aliphatic rings. The number of benzene rings is 1. The molecule has 1 aromatic heterocycles. The number of carbonyl (C=O) groups excluding carboxylic acids is 2. The number of cyclic esters (lactones) is 2. The molecule has 4 nitrogen and oxygen atoms in total. The molecule has 5 heteroatoms. The van der Waals surface area contributed by atoms with Crippen LogP contribution in [-0.4, -0.2) is 11.9 Å². The Morgan fingerprint density at radius 3 is 2.62 bits per heavy atom. The SMILES string of the molecule is Cc1cc(C2=C3C(=O)OC(=O)C3=Cc3c(Cl)cccc3C2)c(C)o1. The fourth-order valence-corrected chi connectivity index (χ4v) is 3.55. The maximum Gasteiger partial charge on any atom is 0.347 e. The Morgan fingerprint density at radius 2 is 1.92 bits per heavy atom. The van der Waals surface area contributed by atoms with Gasteiger partial charge in [0.1, 0.15) is 11.5 Å². The van der Waals surface area contributed by atoms with Crippen molar-refractivity contribution in [3.05, 3.63) is 68.6 Å². The third-order valence-electron chi connectivity index (χ3n) is 4.35. The minimum atomic E-state index is -0.641. The number of fused-ring (bicyclic) bond motifs is 2. The summed E-state index contributed by atoms with van der Waals surface area (Å²) in [4.78, 5) is 24.5. The van der Waals surface area contributed by atoms with Gasteiger partial charge in [0.15, 0.2) is 0 Å². The normalized spacial score (nSPS) is 16.5. The molecule has 0 N–H and O–H groups in total. The molecule has 1 aromatic carbocycles. The lowest BCUT2D eigenvalue weighted by Crippen LogP contribution is -2.02. The summed E-state index contributed by atoms with van der Waals surface area (Å²) in [7, 11) is 0. The van der Waals surface area contributed by atoms with Crippen LogP contribution >= 0.6 is 11.6 Å². The third-order valence-corrected chi connectivity index (χ3v) is 4.68. The van der Waals surface area contributed by atoms with Crippen molar-refractivity contribution in [3.63, 3.8) is 0 Å². The van der Waals surface area contributed by atoms with Gasteiger partial charge in [-0.1, -0.05) is 23.7 Å². The number of hydrogen-bond donors (Lipinski definition) is 0. The van der Waals surface area contributed by atoms with Crippen LogP contribution in [0.25, 0.3) is 11.6 Å². The second-order valence-electron chi connectivity index (χ2n) is 5.90. The first-order valence-electron chi connectivity index (χ1n) is 7.52. The van der Waals surface area contributed by atoms with Gasteiger partial charge in [-0.15, -0.1) is 0 Å². The van der Waals surface area contributed by atoms with Crippen molar-refractivity contribution in [2.75, 3.05) is 0 Å². The topological polar surface area (TPSA) is 56.5 Å². The average molecular weight is 341 g/mol. The van der Waals surface area contributed by atoms with Gasteiger partial charge in [-0.25, -0.2) is 9.59 Å². The van der Waals surface area contributed by atoms with Gasteiger partial charge in [0.2, 0.25) is 0 Å². The Morgan fingerprint density at radius 1 is 1.12 bits per heavy atom. The highest BCUT2D eigenvalue weighted by Crippen LogP contribution is 2.40. The third kappa shape index (κ3) is 2.14. The first kappa shape index (κ1) is 15.0. The molecule has 1 fully saturated rings. The summed E-state index contributed by atoms with van der Waals surface area (Å²) in [5, 5.41) is 0.535. The molecule has 120 valence electrons. The van der Waals surface area contributed by atoms with Gasteiger partial charge in [0.05, 0.1) is 11.1 Å². The van der Waals surface area contributed by atoms with E-state index in [4.69, 9.17) is 20.8 Å². The lowest BCUT2D eigenvalue weighted by molar-refractivity contribution is -0.149. The highest BCUT2D eigenvalue weighted by atomic mass is 35.5. The number of furan rings is 1. The Hall–Kier alpha value is -2.59. The molecule has 0 radical (unpaired) electrons. The fraction of sp³-hybridized carbons (Fsp3) is 0.158. The Labute approximate surface area is 143 Å². The van der Waals surface area contributed by atoms with Crippen LogP contribution in [-0.2, 0) is 20.7 Å². The molecule has 0 atom stereocenters. The van der Waals surface area contributed by atoms with Gasteiger partial charge < -0.3 is 9.15 Å². The van der Waals surface area contributed by atoms with Gasteiger partial charge in [0, 0.05) is 10.6 Å². The maximum atomic E-state index is 12.3. The van der Waals surface area contributed by atoms with E-state index in [1.165, 1.54) is 0 Å². The van der Waals surface area contributed by atoms with Crippen molar-refractivity contribution in [1.29, 1.82) is 0 Å². The van der Waals surface area contributed by atoms with E-state index >= 15 is 0 Å². The van der Waals surface area contributed by atoms with Crippen molar-refractivity contribution in [2.45, 2.75) is 20.3 Å². The molecule has 2 aromatic rings. The number of rotatable bonds is 1. The average Bonchev–Trinajstić information content (AvgIpc) is 2.91. The predicted molar refractivity (Wildman–Crippen MR) is 89.3 cm³/mol. The Kier molecular flexibility index (Phi) is 3.25. The molecule has 2 heterocycles. The van der Waals surface area contributed by atoms with Gasteiger partial charge >= 0.3 is 11.9 Å². The molecule has 1 aliphatic heterocycles. The van der Waals surface area contributed by atoms with E-state index in [0.29, 0.717) is 22.8 Å². The van der Waals surface area contributed by atoms with E-state index in [0.717, 1.165) is 28.0 Å². The standard InChI is InChI=1S/C19H13ClO4/c1-9-6-12(10(2)23-9)14-7-11-4-3-5-16(20)13(11)8-15-17(14)19(22)24-18(15)21/h3-6,8H,7H2,1-2H3. The van der Waals surface area contributed by atoms with Crippen molar-refractivity contribution in [1.82, 2.24) is 0 Å². The highest BCUT2D eigenvalue weighted by molar-refractivity contribution is 6.33. The number of esters is 2. The van der Waals surface area contributed by atoms with Gasteiger partial charge in [-0.3, -0.25) is 0 Å². The van der Waals surface area contributed by atoms with Gasteiger partial charge in [-0.2, -0.15) is 0 Å². The number of aryl methyl sites for hydroxylation is 2. The summed E-state index contributed by atoms with van der Waals surface area (Å²) in [6.45, 7) is 3.68. The molecule has 0 amide bonds. The predicted octanol–water partition coefficient (Wildman–Crippen LogP) is 4.03.